The Hall–Kier alpha value is -2.54. The predicted molar refractivity (Wildman–Crippen MR) is 94.6 cm³/mol. The zero-order valence-corrected chi connectivity index (χ0v) is 15.0. The van der Waals surface area contributed by atoms with Gasteiger partial charge in [-0.05, 0) is 68.2 Å². The van der Waals surface area contributed by atoms with E-state index in [4.69, 9.17) is 14.0 Å². The number of benzene rings is 1. The number of piperidine rings is 3. The highest BCUT2D eigenvalue weighted by Gasteiger charge is 2.40. The van der Waals surface area contributed by atoms with Crippen molar-refractivity contribution >= 4 is 5.91 Å². The molecule has 2 bridgehead atoms. The summed E-state index contributed by atoms with van der Waals surface area (Å²) in [5, 5.41) is 6.97. The second-order valence-electron chi connectivity index (χ2n) is 6.93. The molecule has 4 heterocycles. The van der Waals surface area contributed by atoms with Crippen molar-refractivity contribution in [3.8, 4) is 17.6 Å². The molecule has 1 aromatic carbocycles. The Morgan fingerprint density at radius 3 is 2.62 bits per heavy atom. The van der Waals surface area contributed by atoms with Gasteiger partial charge in [-0.25, -0.2) is 0 Å². The molecule has 3 saturated heterocycles. The van der Waals surface area contributed by atoms with E-state index in [0.717, 1.165) is 13.1 Å². The van der Waals surface area contributed by atoms with Crippen LogP contribution in [0.15, 0.2) is 34.9 Å². The monoisotopic (exact) mass is 357 g/mol. The van der Waals surface area contributed by atoms with Crippen LogP contribution in [0.25, 0.3) is 0 Å². The third-order valence-electron chi connectivity index (χ3n) is 5.48. The van der Waals surface area contributed by atoms with Crippen molar-refractivity contribution in [1.29, 1.82) is 0 Å². The first-order valence-electron chi connectivity index (χ1n) is 8.97. The van der Waals surface area contributed by atoms with E-state index in [1.54, 1.807) is 30.3 Å². The van der Waals surface area contributed by atoms with Crippen molar-refractivity contribution in [3.05, 3.63) is 35.9 Å². The lowest BCUT2D eigenvalue weighted by Crippen LogP contribution is -2.62. The number of carbonyl (C=O) groups excluding carboxylic acids is 1. The molecule has 26 heavy (non-hydrogen) atoms. The Morgan fingerprint density at radius 1 is 1.27 bits per heavy atom. The number of rotatable bonds is 5. The smallest absolute Gasteiger partial charge is 0.314 e. The van der Waals surface area contributed by atoms with Crippen molar-refractivity contribution in [3.63, 3.8) is 0 Å². The summed E-state index contributed by atoms with van der Waals surface area (Å²) in [5.74, 6) is 1.71. The van der Waals surface area contributed by atoms with Crippen molar-refractivity contribution < 1.29 is 18.8 Å². The Kier molecular flexibility index (Phi) is 4.55. The van der Waals surface area contributed by atoms with E-state index in [0.29, 0.717) is 29.2 Å². The average Bonchev–Trinajstić information content (AvgIpc) is 3.13. The predicted octanol–water partition coefficient (Wildman–Crippen LogP) is 2.69. The third-order valence-corrected chi connectivity index (χ3v) is 5.48. The highest BCUT2D eigenvalue weighted by molar-refractivity contribution is 5.94. The molecule has 1 amide bonds. The number of methoxy groups -OCH3 is 1. The molecule has 138 valence electrons. The topological polar surface area (TPSA) is 76.8 Å². The molecular formula is C19H23N3O4. The number of hydrogen-bond donors (Lipinski definition) is 1. The molecule has 0 saturated carbocycles. The first kappa shape index (κ1) is 16.9. The molecule has 3 aliphatic heterocycles. The molecule has 0 aliphatic carbocycles. The number of carbonyl (C=O) groups is 1. The van der Waals surface area contributed by atoms with E-state index in [1.807, 2.05) is 0 Å². The van der Waals surface area contributed by atoms with Gasteiger partial charge in [-0.2, -0.15) is 0 Å². The Labute approximate surface area is 152 Å². The van der Waals surface area contributed by atoms with Gasteiger partial charge in [-0.15, -0.1) is 0 Å². The van der Waals surface area contributed by atoms with Gasteiger partial charge in [-0.1, -0.05) is 0 Å². The van der Waals surface area contributed by atoms with Gasteiger partial charge in [0.15, 0.2) is 0 Å². The van der Waals surface area contributed by atoms with Gasteiger partial charge in [0.1, 0.15) is 5.75 Å². The molecular weight excluding hydrogens is 334 g/mol. The van der Waals surface area contributed by atoms with E-state index in [9.17, 15) is 4.79 Å². The Morgan fingerprint density at radius 2 is 2.00 bits per heavy atom. The Bertz CT molecular complexity index is 763. The van der Waals surface area contributed by atoms with Crippen LogP contribution < -0.4 is 14.8 Å². The molecule has 5 rings (SSSR count). The molecule has 2 atom stereocenters. The fourth-order valence-electron chi connectivity index (χ4n) is 3.96. The Balaban J connectivity index is 1.39. The summed E-state index contributed by atoms with van der Waals surface area (Å²) < 4.78 is 15.4. The number of hydrogen-bond acceptors (Lipinski definition) is 6. The van der Waals surface area contributed by atoms with Gasteiger partial charge < -0.3 is 19.3 Å². The van der Waals surface area contributed by atoms with Gasteiger partial charge in [0.2, 0.25) is 0 Å². The maximum absolute atomic E-state index is 12.6. The second-order valence-corrected chi connectivity index (χ2v) is 6.93. The maximum Gasteiger partial charge on any atom is 0.314 e. The first-order chi connectivity index (χ1) is 12.6. The molecule has 0 spiro atoms. The second kappa shape index (κ2) is 6.99. The number of ether oxygens (including phenoxy) is 2. The van der Waals surface area contributed by atoms with E-state index in [2.05, 4.69) is 22.3 Å². The highest BCUT2D eigenvalue weighted by Crippen LogP contribution is 2.32. The van der Waals surface area contributed by atoms with Gasteiger partial charge >= 0.3 is 5.95 Å². The van der Waals surface area contributed by atoms with E-state index < -0.39 is 0 Å². The summed E-state index contributed by atoms with van der Waals surface area (Å²) >= 11 is 0. The summed E-state index contributed by atoms with van der Waals surface area (Å²) in [5.41, 5.74) is 0.624. The summed E-state index contributed by atoms with van der Waals surface area (Å²) in [6, 6.07) is 9.18. The van der Waals surface area contributed by atoms with Crippen LogP contribution in [0.5, 0.6) is 17.6 Å². The van der Waals surface area contributed by atoms with Crippen LogP contribution in [0.3, 0.4) is 0 Å². The standard InChI is InChI=1S/C19H23N3O4/c1-12-18(13-7-9-22(12)10-8-13)20-19(23)14-3-5-15(6-4-14)25-16-11-17(24-2)26-21-16/h3-6,11-13,18H,7-10H2,1-2H3,(H,20,23)/t12-,18+/m1/s1. The number of aromatic nitrogens is 1. The lowest BCUT2D eigenvalue weighted by molar-refractivity contribution is 0.0217. The quantitative estimate of drug-likeness (QED) is 0.887. The van der Waals surface area contributed by atoms with Gasteiger partial charge in [-0.3, -0.25) is 9.69 Å². The lowest BCUT2D eigenvalue weighted by atomic mass is 9.79. The largest absolute Gasteiger partial charge is 0.467 e. The van der Waals surface area contributed by atoms with Crippen LogP contribution >= 0.6 is 0 Å². The minimum Gasteiger partial charge on any atom is -0.467 e. The molecule has 0 unspecified atom stereocenters. The summed E-state index contributed by atoms with van der Waals surface area (Å²) in [6.45, 7) is 4.51. The fourth-order valence-corrected chi connectivity index (χ4v) is 3.96. The van der Waals surface area contributed by atoms with E-state index >= 15 is 0 Å². The molecule has 3 fully saturated rings. The average molecular weight is 357 g/mol. The van der Waals surface area contributed by atoms with E-state index in [-0.39, 0.29) is 17.9 Å². The first-order valence-corrected chi connectivity index (χ1v) is 8.97. The molecule has 2 aromatic rings. The molecule has 3 aliphatic rings. The zero-order chi connectivity index (χ0) is 18.1. The number of nitrogens with one attached hydrogen (secondary N) is 1. The molecule has 7 nitrogen and oxygen atoms in total. The van der Waals surface area contributed by atoms with Crippen LogP contribution in [0.2, 0.25) is 0 Å². The van der Waals surface area contributed by atoms with Crippen molar-refractivity contribution in [2.45, 2.75) is 31.8 Å². The van der Waals surface area contributed by atoms with Gasteiger partial charge in [0.25, 0.3) is 11.8 Å². The summed E-state index contributed by atoms with van der Waals surface area (Å²) in [6.07, 6.45) is 2.34. The normalized spacial score (nSPS) is 27.2. The third kappa shape index (κ3) is 3.26. The highest BCUT2D eigenvalue weighted by atomic mass is 16.6. The molecule has 0 radical (unpaired) electrons. The van der Waals surface area contributed by atoms with Crippen molar-refractivity contribution in [2.24, 2.45) is 5.92 Å². The zero-order valence-electron chi connectivity index (χ0n) is 15.0. The van der Waals surface area contributed by atoms with Crippen molar-refractivity contribution in [1.82, 2.24) is 15.4 Å². The van der Waals surface area contributed by atoms with Gasteiger partial charge in [0, 0.05) is 17.6 Å². The van der Waals surface area contributed by atoms with Crippen LogP contribution in [0.1, 0.15) is 30.1 Å². The molecule has 1 aromatic heterocycles. The molecule has 1 N–H and O–H groups in total. The SMILES string of the molecule is COc1cc(Oc2ccc(C(=O)N[C@@H]3C4CCN(CC4)[C@@H]3C)cc2)no1. The van der Waals surface area contributed by atoms with Crippen LogP contribution in [-0.4, -0.2) is 48.2 Å². The minimum atomic E-state index is -0.0368. The van der Waals surface area contributed by atoms with Crippen LogP contribution in [0, 0.1) is 5.92 Å². The molecule has 7 heteroatoms. The number of fused-ring (bicyclic) bond motifs is 3. The fraction of sp³-hybridized carbons (Fsp3) is 0.474. The van der Waals surface area contributed by atoms with Crippen LogP contribution in [0.4, 0.5) is 0 Å². The number of nitrogens with zero attached hydrogens (tertiary/aromatic N) is 2. The van der Waals surface area contributed by atoms with Crippen molar-refractivity contribution in [2.75, 3.05) is 20.2 Å². The summed E-state index contributed by atoms with van der Waals surface area (Å²) in [7, 11) is 1.49. The van der Waals surface area contributed by atoms with E-state index in [1.165, 1.54) is 20.0 Å². The maximum atomic E-state index is 12.6. The number of amides is 1. The summed E-state index contributed by atoms with van der Waals surface area (Å²) in [4.78, 5) is 15.1. The van der Waals surface area contributed by atoms with Crippen LogP contribution in [-0.2, 0) is 0 Å². The van der Waals surface area contributed by atoms with Gasteiger partial charge in [0.05, 0.1) is 13.2 Å². The minimum absolute atomic E-state index is 0.0368. The lowest BCUT2D eigenvalue weighted by Gasteiger charge is -2.49.